The van der Waals surface area contributed by atoms with Crippen LogP contribution in [0.5, 0.6) is 0 Å². The molecule has 0 unspecified atom stereocenters. The first-order valence-corrected chi connectivity index (χ1v) is 8.07. The molecule has 7 nitrogen and oxygen atoms in total. The molecule has 0 saturated carbocycles. The summed E-state index contributed by atoms with van der Waals surface area (Å²) in [5.41, 5.74) is 3.27. The highest BCUT2D eigenvalue weighted by Gasteiger charge is 2.27. The van der Waals surface area contributed by atoms with Crippen molar-refractivity contribution in [3.8, 4) is 0 Å². The van der Waals surface area contributed by atoms with Crippen molar-refractivity contribution >= 4 is 23.1 Å². The van der Waals surface area contributed by atoms with Crippen LogP contribution in [-0.4, -0.2) is 42.9 Å². The SMILES string of the molecule is O=[N+]([O-])c1ccc2c(c1)C(c1ccccc1)=NCCN2C1=NCCO1. The molecule has 0 aliphatic carbocycles. The van der Waals surface area contributed by atoms with E-state index in [0.717, 1.165) is 22.5 Å². The number of nitro benzene ring substituents is 1. The van der Waals surface area contributed by atoms with Crippen molar-refractivity contribution in [1.29, 1.82) is 0 Å². The number of amidine groups is 1. The molecular weight excluding hydrogens is 320 g/mol. The lowest BCUT2D eigenvalue weighted by atomic mass is 9.99. The van der Waals surface area contributed by atoms with Gasteiger partial charge in [0.1, 0.15) is 6.61 Å². The van der Waals surface area contributed by atoms with E-state index in [2.05, 4.69) is 4.99 Å². The molecule has 2 aromatic rings. The zero-order valence-electron chi connectivity index (χ0n) is 13.5. The minimum Gasteiger partial charge on any atom is -0.463 e. The highest BCUT2D eigenvalue weighted by atomic mass is 16.6. The van der Waals surface area contributed by atoms with Crippen LogP contribution in [0, 0.1) is 10.1 Å². The second kappa shape index (κ2) is 6.35. The molecule has 0 fully saturated rings. The van der Waals surface area contributed by atoms with Crippen LogP contribution in [-0.2, 0) is 4.74 Å². The van der Waals surface area contributed by atoms with Crippen molar-refractivity contribution in [3.63, 3.8) is 0 Å². The van der Waals surface area contributed by atoms with Gasteiger partial charge in [0.25, 0.3) is 11.7 Å². The molecule has 0 amide bonds. The minimum absolute atomic E-state index is 0.0403. The first-order valence-electron chi connectivity index (χ1n) is 8.07. The Labute approximate surface area is 144 Å². The summed E-state index contributed by atoms with van der Waals surface area (Å²) in [6, 6.07) is 15.1. The predicted molar refractivity (Wildman–Crippen MR) is 95.6 cm³/mol. The number of nitrogens with zero attached hydrogens (tertiary/aromatic N) is 4. The van der Waals surface area contributed by atoms with Crippen molar-refractivity contribution in [2.45, 2.75) is 0 Å². The van der Waals surface area contributed by atoms with Gasteiger partial charge in [0, 0.05) is 29.8 Å². The van der Waals surface area contributed by atoms with Gasteiger partial charge in [-0.25, -0.2) is 4.99 Å². The number of hydrogen-bond donors (Lipinski definition) is 0. The summed E-state index contributed by atoms with van der Waals surface area (Å²) in [6.45, 7) is 2.34. The Kier molecular flexibility index (Phi) is 3.89. The number of aliphatic imine (C=N–C) groups is 2. The Morgan fingerprint density at radius 1 is 1.08 bits per heavy atom. The third-order valence-electron chi connectivity index (χ3n) is 4.18. The topological polar surface area (TPSA) is 80.3 Å². The van der Waals surface area contributed by atoms with Crippen LogP contribution in [0.3, 0.4) is 0 Å². The van der Waals surface area contributed by atoms with Gasteiger partial charge in [-0.2, -0.15) is 0 Å². The molecule has 0 bridgehead atoms. The fourth-order valence-electron chi connectivity index (χ4n) is 3.06. The molecule has 0 spiro atoms. The monoisotopic (exact) mass is 336 g/mol. The summed E-state index contributed by atoms with van der Waals surface area (Å²) in [7, 11) is 0. The number of non-ortho nitro benzene ring substituents is 1. The third-order valence-corrected chi connectivity index (χ3v) is 4.18. The Balaban J connectivity index is 1.88. The Morgan fingerprint density at radius 3 is 2.64 bits per heavy atom. The molecule has 0 aromatic heterocycles. The summed E-state index contributed by atoms with van der Waals surface area (Å²) < 4.78 is 5.61. The molecule has 0 N–H and O–H groups in total. The van der Waals surface area contributed by atoms with Crippen molar-refractivity contribution in [2.24, 2.45) is 9.98 Å². The van der Waals surface area contributed by atoms with E-state index in [9.17, 15) is 10.1 Å². The average Bonchev–Trinajstić information content (AvgIpc) is 3.10. The van der Waals surface area contributed by atoms with E-state index in [0.29, 0.717) is 32.3 Å². The molecule has 0 atom stereocenters. The van der Waals surface area contributed by atoms with Gasteiger partial charge in [-0.05, 0) is 6.07 Å². The Bertz CT molecular complexity index is 877. The number of benzodiazepines with no additional fused rings is 1. The fourth-order valence-corrected chi connectivity index (χ4v) is 3.06. The lowest BCUT2D eigenvalue weighted by Crippen LogP contribution is -2.33. The maximum Gasteiger partial charge on any atom is 0.292 e. The van der Waals surface area contributed by atoms with Gasteiger partial charge in [-0.15, -0.1) is 0 Å². The molecule has 7 heteroatoms. The Morgan fingerprint density at radius 2 is 1.92 bits per heavy atom. The molecule has 2 heterocycles. The molecule has 0 radical (unpaired) electrons. The number of fused-ring (bicyclic) bond motifs is 1. The van der Waals surface area contributed by atoms with Gasteiger partial charge in [0.05, 0.1) is 29.4 Å². The predicted octanol–water partition coefficient (Wildman–Crippen LogP) is 2.64. The molecule has 25 heavy (non-hydrogen) atoms. The number of hydrogen-bond acceptors (Lipinski definition) is 6. The normalized spacial score (nSPS) is 16.4. The van der Waals surface area contributed by atoms with E-state index in [-0.39, 0.29) is 10.6 Å². The minimum atomic E-state index is -0.387. The van der Waals surface area contributed by atoms with Crippen LogP contribution in [0.15, 0.2) is 58.5 Å². The van der Waals surface area contributed by atoms with E-state index in [1.807, 2.05) is 35.2 Å². The molecular formula is C18H16N4O3. The smallest absolute Gasteiger partial charge is 0.292 e. The number of rotatable bonds is 2. The van der Waals surface area contributed by atoms with Crippen LogP contribution >= 0.6 is 0 Å². The van der Waals surface area contributed by atoms with E-state index < -0.39 is 0 Å². The van der Waals surface area contributed by atoms with Gasteiger partial charge in [-0.1, -0.05) is 30.3 Å². The van der Waals surface area contributed by atoms with Gasteiger partial charge < -0.3 is 4.74 Å². The van der Waals surface area contributed by atoms with E-state index >= 15 is 0 Å². The second-order valence-electron chi connectivity index (χ2n) is 5.72. The lowest BCUT2D eigenvalue weighted by molar-refractivity contribution is -0.384. The van der Waals surface area contributed by atoms with Gasteiger partial charge in [0.15, 0.2) is 0 Å². The van der Waals surface area contributed by atoms with Crippen molar-refractivity contribution in [3.05, 3.63) is 69.8 Å². The highest BCUT2D eigenvalue weighted by molar-refractivity contribution is 6.18. The Hall–Kier alpha value is -3.22. The zero-order valence-corrected chi connectivity index (χ0v) is 13.5. The summed E-state index contributed by atoms with van der Waals surface area (Å²) in [4.78, 5) is 21.9. The van der Waals surface area contributed by atoms with Crippen LogP contribution < -0.4 is 4.90 Å². The van der Waals surface area contributed by atoms with Crippen LogP contribution in [0.25, 0.3) is 0 Å². The van der Waals surface area contributed by atoms with E-state index in [1.165, 1.54) is 6.07 Å². The molecule has 2 aliphatic rings. The third kappa shape index (κ3) is 2.84. The van der Waals surface area contributed by atoms with Gasteiger partial charge in [0.2, 0.25) is 0 Å². The highest BCUT2D eigenvalue weighted by Crippen LogP contribution is 2.31. The number of ether oxygens (including phenoxy) is 1. The van der Waals surface area contributed by atoms with Crippen molar-refractivity contribution in [1.82, 2.24) is 0 Å². The molecule has 2 aromatic carbocycles. The summed E-state index contributed by atoms with van der Waals surface area (Å²) in [5.74, 6) is 0. The largest absolute Gasteiger partial charge is 0.463 e. The summed E-state index contributed by atoms with van der Waals surface area (Å²) >= 11 is 0. The van der Waals surface area contributed by atoms with Crippen LogP contribution in [0.1, 0.15) is 11.1 Å². The number of anilines is 1. The standard InChI is InChI=1S/C18H16N4O3/c23-22(24)14-6-7-16-15(12-14)17(13-4-2-1-3-5-13)19-8-10-21(16)18-20-9-11-25-18/h1-7,12H,8-11H2. The maximum atomic E-state index is 11.3. The van der Waals surface area contributed by atoms with Crippen LogP contribution in [0.4, 0.5) is 11.4 Å². The van der Waals surface area contributed by atoms with Gasteiger partial charge >= 0.3 is 0 Å². The fraction of sp³-hybridized carbons (Fsp3) is 0.222. The molecule has 0 saturated heterocycles. The van der Waals surface area contributed by atoms with Crippen LogP contribution in [0.2, 0.25) is 0 Å². The average molecular weight is 336 g/mol. The lowest BCUT2D eigenvalue weighted by Gasteiger charge is -2.23. The van der Waals surface area contributed by atoms with Crippen molar-refractivity contribution < 1.29 is 9.66 Å². The van der Waals surface area contributed by atoms with E-state index in [1.54, 1.807) is 12.1 Å². The molecule has 4 rings (SSSR count). The van der Waals surface area contributed by atoms with E-state index in [4.69, 9.17) is 9.73 Å². The van der Waals surface area contributed by atoms with Gasteiger partial charge in [-0.3, -0.25) is 20.0 Å². The first-order chi connectivity index (χ1) is 12.2. The molecule has 2 aliphatic heterocycles. The maximum absolute atomic E-state index is 11.3. The zero-order chi connectivity index (χ0) is 17.2. The quantitative estimate of drug-likeness (QED) is 0.624. The summed E-state index contributed by atoms with van der Waals surface area (Å²) in [5, 5.41) is 11.3. The summed E-state index contributed by atoms with van der Waals surface area (Å²) in [6.07, 6.45) is 0. The second-order valence-corrected chi connectivity index (χ2v) is 5.72. The number of nitro groups is 1. The number of benzene rings is 2. The molecule has 126 valence electrons. The van der Waals surface area contributed by atoms with Crippen molar-refractivity contribution in [2.75, 3.05) is 31.1 Å². The first kappa shape index (κ1) is 15.3.